The van der Waals surface area contributed by atoms with E-state index in [1.54, 1.807) is 0 Å². The number of anilines is 1. The Bertz CT molecular complexity index is 664. The molecule has 0 atom stereocenters. The van der Waals surface area contributed by atoms with Gasteiger partial charge in [0.15, 0.2) is 0 Å². The second kappa shape index (κ2) is 5.55. The number of aromatic nitrogens is 2. The van der Waals surface area contributed by atoms with Gasteiger partial charge in [0.1, 0.15) is 17.3 Å². The van der Waals surface area contributed by atoms with Crippen molar-refractivity contribution in [3.05, 3.63) is 34.6 Å². The van der Waals surface area contributed by atoms with Crippen LogP contribution in [0.1, 0.15) is 62.2 Å². The molecule has 0 spiro atoms. The zero-order valence-corrected chi connectivity index (χ0v) is 14.3. The third kappa shape index (κ3) is 2.69. The largest absolute Gasteiger partial charge is 0.383 e. The van der Waals surface area contributed by atoms with Crippen molar-refractivity contribution in [3.8, 4) is 11.3 Å². The van der Waals surface area contributed by atoms with Crippen LogP contribution in [-0.2, 0) is 0 Å². The minimum absolute atomic E-state index is 0.315. The second-order valence-electron chi connectivity index (χ2n) is 6.57. The molecule has 2 N–H and O–H groups in total. The third-order valence-corrected chi connectivity index (χ3v) is 4.10. The molecular weight excluding hydrogens is 258 g/mol. The summed E-state index contributed by atoms with van der Waals surface area (Å²) in [7, 11) is 0. The van der Waals surface area contributed by atoms with E-state index in [1.165, 1.54) is 16.7 Å². The molecule has 3 nitrogen and oxygen atoms in total. The van der Waals surface area contributed by atoms with E-state index in [4.69, 9.17) is 10.7 Å². The fourth-order valence-electron chi connectivity index (χ4n) is 2.83. The number of nitrogens with two attached hydrogens (primary N) is 1. The van der Waals surface area contributed by atoms with Gasteiger partial charge >= 0.3 is 0 Å². The van der Waals surface area contributed by atoms with Gasteiger partial charge in [-0.3, -0.25) is 0 Å². The molecule has 3 heteroatoms. The van der Waals surface area contributed by atoms with Gasteiger partial charge in [0.2, 0.25) is 0 Å². The minimum atomic E-state index is 0.315. The van der Waals surface area contributed by atoms with Gasteiger partial charge in [-0.15, -0.1) is 0 Å². The molecule has 0 fully saturated rings. The molecule has 0 saturated heterocycles. The van der Waals surface area contributed by atoms with Crippen LogP contribution >= 0.6 is 0 Å². The molecular formula is C18H27N3. The lowest BCUT2D eigenvalue weighted by Gasteiger charge is -2.15. The van der Waals surface area contributed by atoms with Crippen molar-refractivity contribution < 1.29 is 0 Å². The molecule has 0 aliphatic heterocycles. The average molecular weight is 285 g/mol. The zero-order chi connectivity index (χ0) is 15.9. The Morgan fingerprint density at radius 2 is 1.52 bits per heavy atom. The highest BCUT2D eigenvalue weighted by Gasteiger charge is 2.21. The molecule has 0 amide bonds. The number of benzene rings is 1. The molecule has 0 saturated carbocycles. The maximum atomic E-state index is 6.43. The predicted molar refractivity (Wildman–Crippen MR) is 90.8 cm³/mol. The quantitative estimate of drug-likeness (QED) is 0.883. The van der Waals surface area contributed by atoms with Gasteiger partial charge < -0.3 is 10.3 Å². The number of nitrogen functional groups attached to an aromatic ring is 1. The molecule has 1 aromatic heterocycles. The Labute approximate surface area is 128 Å². The van der Waals surface area contributed by atoms with Crippen molar-refractivity contribution in [1.29, 1.82) is 0 Å². The first-order valence-electron chi connectivity index (χ1n) is 7.69. The summed E-state index contributed by atoms with van der Waals surface area (Å²) in [5.41, 5.74) is 12.3. The Balaban J connectivity index is 2.71. The SMILES string of the molecule is Cc1cc(C)c(-c2nc(C(C)C)n(C(C)C)c2N)cc1C. The summed E-state index contributed by atoms with van der Waals surface area (Å²) in [6.07, 6.45) is 0. The van der Waals surface area contributed by atoms with E-state index in [0.29, 0.717) is 12.0 Å². The molecule has 0 bridgehead atoms. The van der Waals surface area contributed by atoms with Crippen LogP contribution in [0.25, 0.3) is 11.3 Å². The number of imidazole rings is 1. The molecule has 2 rings (SSSR count). The van der Waals surface area contributed by atoms with Gasteiger partial charge in [0, 0.05) is 17.5 Å². The third-order valence-electron chi connectivity index (χ3n) is 4.10. The molecule has 1 heterocycles. The highest BCUT2D eigenvalue weighted by Crippen LogP contribution is 2.34. The van der Waals surface area contributed by atoms with Crippen LogP contribution in [0.2, 0.25) is 0 Å². The van der Waals surface area contributed by atoms with Gasteiger partial charge in [-0.2, -0.15) is 0 Å². The van der Waals surface area contributed by atoms with E-state index in [1.807, 2.05) is 0 Å². The number of aryl methyl sites for hydroxylation is 3. The predicted octanol–water partition coefficient (Wildman–Crippen LogP) is 4.76. The van der Waals surface area contributed by atoms with E-state index >= 15 is 0 Å². The van der Waals surface area contributed by atoms with Crippen molar-refractivity contribution in [2.75, 3.05) is 5.73 Å². The van der Waals surface area contributed by atoms with Crippen LogP contribution in [0, 0.1) is 20.8 Å². The standard InChI is InChI=1S/C18H27N3/c1-10(2)18-20-16(17(19)21(18)11(3)4)15-9-13(6)12(5)8-14(15)7/h8-11H,19H2,1-7H3. The van der Waals surface area contributed by atoms with Crippen molar-refractivity contribution in [2.45, 2.75) is 60.4 Å². The van der Waals surface area contributed by atoms with Crippen LogP contribution in [0.15, 0.2) is 12.1 Å². The molecule has 2 aromatic rings. The maximum Gasteiger partial charge on any atom is 0.131 e. The Morgan fingerprint density at radius 3 is 2.00 bits per heavy atom. The van der Waals surface area contributed by atoms with Crippen LogP contribution in [0.3, 0.4) is 0 Å². The van der Waals surface area contributed by atoms with Crippen molar-refractivity contribution in [1.82, 2.24) is 9.55 Å². The van der Waals surface area contributed by atoms with Crippen molar-refractivity contribution in [2.24, 2.45) is 0 Å². The molecule has 114 valence electrons. The van der Waals surface area contributed by atoms with Gasteiger partial charge in [-0.05, 0) is 57.4 Å². The van der Waals surface area contributed by atoms with E-state index in [9.17, 15) is 0 Å². The lowest BCUT2D eigenvalue weighted by molar-refractivity contribution is 0.556. The van der Waals surface area contributed by atoms with Crippen LogP contribution in [0.5, 0.6) is 0 Å². The molecule has 0 unspecified atom stereocenters. The van der Waals surface area contributed by atoms with Gasteiger partial charge in [-0.1, -0.05) is 19.9 Å². The first-order chi connectivity index (χ1) is 9.73. The number of hydrogen-bond donors (Lipinski definition) is 1. The maximum absolute atomic E-state index is 6.43. The summed E-state index contributed by atoms with van der Waals surface area (Å²) in [6.45, 7) is 15.0. The second-order valence-corrected chi connectivity index (χ2v) is 6.57. The minimum Gasteiger partial charge on any atom is -0.383 e. The Kier molecular flexibility index (Phi) is 4.13. The van der Waals surface area contributed by atoms with Crippen LogP contribution in [0.4, 0.5) is 5.82 Å². The fourth-order valence-corrected chi connectivity index (χ4v) is 2.83. The molecule has 0 radical (unpaired) electrons. The van der Waals surface area contributed by atoms with Crippen LogP contribution in [-0.4, -0.2) is 9.55 Å². The number of rotatable bonds is 3. The van der Waals surface area contributed by atoms with Gasteiger partial charge in [-0.25, -0.2) is 4.98 Å². The van der Waals surface area contributed by atoms with Gasteiger partial charge in [0.05, 0.1) is 0 Å². The van der Waals surface area contributed by atoms with Crippen molar-refractivity contribution in [3.63, 3.8) is 0 Å². The number of hydrogen-bond acceptors (Lipinski definition) is 2. The first kappa shape index (κ1) is 15.6. The van der Waals surface area contributed by atoms with E-state index in [-0.39, 0.29) is 0 Å². The Hall–Kier alpha value is -1.77. The average Bonchev–Trinajstić information content (AvgIpc) is 2.72. The lowest BCUT2D eigenvalue weighted by atomic mass is 9.99. The smallest absolute Gasteiger partial charge is 0.131 e. The summed E-state index contributed by atoms with van der Waals surface area (Å²) in [5, 5.41) is 0. The summed E-state index contributed by atoms with van der Waals surface area (Å²) >= 11 is 0. The topological polar surface area (TPSA) is 43.8 Å². The fraction of sp³-hybridized carbons (Fsp3) is 0.500. The molecule has 0 aliphatic rings. The summed E-state index contributed by atoms with van der Waals surface area (Å²) in [5.74, 6) is 2.20. The monoisotopic (exact) mass is 285 g/mol. The first-order valence-corrected chi connectivity index (χ1v) is 7.69. The molecule has 1 aromatic carbocycles. The number of nitrogens with zero attached hydrogens (tertiary/aromatic N) is 2. The highest BCUT2D eigenvalue weighted by atomic mass is 15.2. The molecule has 21 heavy (non-hydrogen) atoms. The summed E-state index contributed by atoms with van der Waals surface area (Å²) < 4.78 is 2.16. The van der Waals surface area contributed by atoms with E-state index in [2.05, 4.69) is 65.2 Å². The normalized spacial score (nSPS) is 11.7. The van der Waals surface area contributed by atoms with E-state index < -0.39 is 0 Å². The lowest BCUT2D eigenvalue weighted by Crippen LogP contribution is -2.10. The van der Waals surface area contributed by atoms with Crippen molar-refractivity contribution >= 4 is 5.82 Å². The van der Waals surface area contributed by atoms with E-state index in [0.717, 1.165) is 22.9 Å². The molecule has 0 aliphatic carbocycles. The summed E-state index contributed by atoms with van der Waals surface area (Å²) in [6, 6.07) is 4.74. The van der Waals surface area contributed by atoms with Gasteiger partial charge in [0.25, 0.3) is 0 Å². The van der Waals surface area contributed by atoms with Crippen LogP contribution < -0.4 is 5.73 Å². The highest BCUT2D eigenvalue weighted by molar-refractivity contribution is 5.75. The summed E-state index contributed by atoms with van der Waals surface area (Å²) in [4.78, 5) is 4.87. The zero-order valence-electron chi connectivity index (χ0n) is 14.3. The Morgan fingerprint density at radius 1 is 0.952 bits per heavy atom.